The molecule has 6 heteroatoms. The van der Waals surface area contributed by atoms with Crippen LogP contribution in [-0.2, 0) is 29.6 Å². The van der Waals surface area contributed by atoms with E-state index in [4.69, 9.17) is 11.5 Å². The fraction of sp³-hybridized carbons (Fsp3) is 1.00. The Kier molecular flexibility index (Phi) is 23.9. The second-order valence-corrected chi connectivity index (χ2v) is 4.18. The Morgan fingerprint density at radius 2 is 1.90 bits per heavy atom. The molecule has 0 saturated heterocycles. The molecule has 0 atom stereocenters. The summed E-state index contributed by atoms with van der Waals surface area (Å²) in [4.78, 5) is 0. The van der Waals surface area contributed by atoms with Crippen LogP contribution in [0.2, 0.25) is 0 Å². The van der Waals surface area contributed by atoms with Crippen molar-refractivity contribution in [3.8, 4) is 0 Å². The first-order valence-electron chi connectivity index (χ1n) is 2.72. The number of thiol groups is 1. The number of hydrogen-bond acceptors (Lipinski definition) is 3. The molecule has 0 aliphatic carbocycles. The second-order valence-electron chi connectivity index (χ2n) is 1.26. The molecular weight excluding hydrogens is 371 g/mol. The van der Waals surface area contributed by atoms with Gasteiger partial charge in [-0.05, 0) is 0 Å². The predicted octanol–water partition coefficient (Wildman–Crippen LogP) is 0.0539. The van der Waals surface area contributed by atoms with Gasteiger partial charge in [-0.2, -0.15) is 0 Å². The Hall–Kier alpha value is 1.60. The molecule has 0 aromatic rings. The zero-order valence-corrected chi connectivity index (χ0v) is 10.3. The predicted molar refractivity (Wildman–Crippen MR) is 50.0 cm³/mol. The average molecular weight is 384 g/mol. The maximum atomic E-state index is 5.26. The van der Waals surface area contributed by atoms with E-state index >= 15 is 0 Å². The monoisotopic (exact) mass is 383 g/mol. The molecule has 0 saturated carbocycles. The Bertz CT molecular complexity index is 46.2. The fourth-order valence-corrected chi connectivity index (χ4v) is 2.11. The maximum absolute atomic E-state index is 5.26. The molecule has 10 heavy (non-hydrogen) atoms. The van der Waals surface area contributed by atoms with Crippen LogP contribution in [0.4, 0.5) is 0 Å². The van der Waals surface area contributed by atoms with Gasteiger partial charge in [0.15, 0.2) is 0 Å². The molecule has 67 valence electrons. The van der Waals surface area contributed by atoms with Crippen molar-refractivity contribution in [1.29, 1.82) is 0 Å². The average Bonchev–Trinajstić information content (AvgIpc) is 2.02. The summed E-state index contributed by atoms with van der Waals surface area (Å²) < 4.78 is 0. The molecule has 0 aliphatic rings. The quantitative estimate of drug-likeness (QED) is 0.305. The molecule has 0 amide bonds. The number of rotatable bonds is 5. The Labute approximate surface area is 85.4 Å². The van der Waals surface area contributed by atoms with Crippen molar-refractivity contribution in [2.45, 2.75) is 0 Å². The first-order valence-corrected chi connectivity index (χ1v) is 8.21. The molecule has 0 bridgehead atoms. The van der Waals surface area contributed by atoms with E-state index in [2.05, 4.69) is 9.42 Å². The summed E-state index contributed by atoms with van der Waals surface area (Å²) in [5.41, 5.74) is 10.5. The zero-order valence-electron chi connectivity index (χ0n) is 5.53. The van der Waals surface area contributed by atoms with Crippen LogP contribution in [0.5, 0.6) is 0 Å². The molecule has 0 aromatic carbocycles. The van der Waals surface area contributed by atoms with E-state index in [1.165, 1.54) is 10.8 Å². The third-order valence-corrected chi connectivity index (χ3v) is 3.21. The molecule has 2 nitrogen and oxygen atoms in total. The van der Waals surface area contributed by atoms with Gasteiger partial charge in [0.2, 0.25) is 0 Å². The van der Waals surface area contributed by atoms with Crippen LogP contribution in [-0.4, -0.2) is 24.6 Å². The van der Waals surface area contributed by atoms with E-state index in [9.17, 15) is 0 Å². The van der Waals surface area contributed by atoms with Gasteiger partial charge in [0.25, 0.3) is 0 Å². The van der Waals surface area contributed by atoms with Gasteiger partial charge in [-0.3, -0.25) is 0 Å². The molecule has 0 rings (SSSR count). The van der Waals surface area contributed by atoms with Crippen molar-refractivity contribution in [3.63, 3.8) is 0 Å². The van der Waals surface area contributed by atoms with Gasteiger partial charge < -0.3 is 11.5 Å². The summed E-state index contributed by atoms with van der Waals surface area (Å²) >= 11 is 1.61. The Balaban J connectivity index is 0. The molecule has 0 radical (unpaired) electrons. The summed E-state index contributed by atoms with van der Waals surface area (Å²) in [7, 11) is 7.83. The molecular formula is C4H13ClN2PtS2+. The van der Waals surface area contributed by atoms with Gasteiger partial charge in [-0.1, -0.05) is 0 Å². The summed E-state index contributed by atoms with van der Waals surface area (Å²) in [6.07, 6.45) is 0. The summed E-state index contributed by atoms with van der Waals surface area (Å²) in [6, 6.07) is 0. The first-order chi connectivity index (χ1) is 4.91. The minimum absolute atomic E-state index is 0.780. The van der Waals surface area contributed by atoms with Crippen LogP contribution < -0.4 is 11.5 Å². The van der Waals surface area contributed by atoms with Gasteiger partial charge >= 0.3 is 28.2 Å². The Morgan fingerprint density at radius 3 is 2.30 bits per heavy atom. The van der Waals surface area contributed by atoms with Crippen LogP contribution in [0.15, 0.2) is 0 Å². The van der Waals surface area contributed by atoms with E-state index in [1.54, 1.807) is 18.8 Å². The second kappa shape index (κ2) is 16.9. The molecule has 0 aliphatic heterocycles. The Morgan fingerprint density at radius 1 is 1.30 bits per heavy atom. The number of halogens is 1. The normalized spacial score (nSPS) is 8.50. The van der Waals surface area contributed by atoms with Crippen LogP contribution in [0.3, 0.4) is 0 Å². The molecule has 0 spiro atoms. The van der Waals surface area contributed by atoms with Crippen LogP contribution >= 0.6 is 20.2 Å². The topological polar surface area (TPSA) is 52.0 Å². The van der Waals surface area contributed by atoms with Gasteiger partial charge in [0.1, 0.15) is 5.75 Å². The molecule has 0 unspecified atom stereocenters. The standard InChI is InChI=1S/C4H12N2S2.ClH.Pt/c5-1-3-7-8-4-2-6;;/h1-6H2;1H;/q;;+1. The minimum atomic E-state index is 0.780. The third-order valence-electron chi connectivity index (χ3n) is 0.521. The molecule has 4 N–H and O–H groups in total. The van der Waals surface area contributed by atoms with Gasteiger partial charge in [0.05, 0.1) is 16.5 Å². The van der Waals surface area contributed by atoms with Crippen molar-refractivity contribution < 1.29 is 18.8 Å². The summed E-state index contributed by atoms with van der Waals surface area (Å²) in [5, 5.41) is 0. The van der Waals surface area contributed by atoms with Crippen LogP contribution in [0.25, 0.3) is 0 Å². The van der Waals surface area contributed by atoms with E-state index in [1.807, 2.05) is 10.8 Å². The van der Waals surface area contributed by atoms with Crippen LogP contribution in [0.1, 0.15) is 0 Å². The fourth-order valence-electron chi connectivity index (χ4n) is 0.235. The van der Waals surface area contributed by atoms with Gasteiger partial charge in [0, 0.05) is 23.9 Å². The summed E-state index contributed by atoms with van der Waals surface area (Å²) in [6.45, 7) is 1.57. The van der Waals surface area contributed by atoms with Gasteiger partial charge in [-0.15, -0.1) is 0 Å². The van der Waals surface area contributed by atoms with E-state index in [-0.39, 0.29) is 0 Å². The van der Waals surface area contributed by atoms with Crippen molar-refractivity contribution in [2.24, 2.45) is 11.5 Å². The van der Waals surface area contributed by atoms with Crippen molar-refractivity contribution in [2.75, 3.05) is 24.6 Å². The number of hydrogen-bond donors (Lipinski definition) is 2. The van der Waals surface area contributed by atoms with E-state index < -0.39 is 0 Å². The van der Waals surface area contributed by atoms with Crippen molar-refractivity contribution in [1.82, 2.24) is 0 Å². The molecule has 0 fully saturated rings. The summed E-state index contributed by atoms with van der Waals surface area (Å²) in [5.74, 6) is 2.15. The SMILES string of the molecule is NCCS[SH+]CCN.[Cl][Pt]. The first kappa shape index (κ1) is 14.1. The number of nitrogens with two attached hydrogens (primary N) is 2. The van der Waals surface area contributed by atoms with Crippen molar-refractivity contribution >= 4 is 31.0 Å². The van der Waals surface area contributed by atoms with Crippen LogP contribution in [0, 0.1) is 0 Å². The zero-order chi connectivity index (χ0) is 8.24. The van der Waals surface area contributed by atoms with E-state index in [0.29, 0.717) is 0 Å². The van der Waals surface area contributed by atoms with Crippen molar-refractivity contribution in [3.05, 3.63) is 0 Å². The molecule has 0 aromatic heterocycles. The molecule has 0 heterocycles. The van der Waals surface area contributed by atoms with E-state index in [0.717, 1.165) is 24.6 Å². The third kappa shape index (κ3) is 16.3. The van der Waals surface area contributed by atoms with Gasteiger partial charge in [-0.25, -0.2) is 0 Å².